The normalized spacial score (nSPS) is 28.2. The van der Waals surface area contributed by atoms with Gasteiger partial charge in [-0.25, -0.2) is 0 Å². The van der Waals surface area contributed by atoms with Gasteiger partial charge in [-0.2, -0.15) is 0 Å². The minimum atomic E-state index is -0.148. The Morgan fingerprint density at radius 2 is 2.17 bits per heavy atom. The number of aliphatic hydroxyl groups is 1. The summed E-state index contributed by atoms with van der Waals surface area (Å²) in [5.74, 6) is 0.387. The Bertz CT molecular complexity index is 136. The maximum atomic E-state index is 9.66. The molecule has 0 saturated carbocycles. The molecule has 1 fully saturated rings. The molecule has 1 heterocycles. The number of hydrogen-bond acceptors (Lipinski definition) is 2. The van der Waals surface area contributed by atoms with Crippen molar-refractivity contribution in [3.05, 3.63) is 0 Å². The molecule has 12 heavy (non-hydrogen) atoms. The molecule has 2 atom stereocenters. The number of β-amino-alcohol motifs (C(OH)–C–C–N with tert-alkyl or cyclic N) is 1. The lowest BCUT2D eigenvalue weighted by Crippen LogP contribution is -2.36. The predicted octanol–water partition coefficient (Wildman–Crippen LogP) is 1.49. The fourth-order valence-electron chi connectivity index (χ4n) is 1.72. The van der Waals surface area contributed by atoms with Crippen molar-refractivity contribution in [2.45, 2.75) is 45.8 Å². The third-order valence-electron chi connectivity index (χ3n) is 2.88. The highest BCUT2D eigenvalue weighted by Crippen LogP contribution is 2.17. The zero-order valence-electron chi connectivity index (χ0n) is 8.45. The van der Waals surface area contributed by atoms with Gasteiger partial charge in [0.25, 0.3) is 0 Å². The van der Waals surface area contributed by atoms with Crippen LogP contribution >= 0.6 is 0 Å². The molecule has 0 aromatic rings. The molecule has 1 aliphatic rings. The summed E-state index contributed by atoms with van der Waals surface area (Å²) >= 11 is 0. The molecule has 0 radical (unpaired) electrons. The van der Waals surface area contributed by atoms with Crippen molar-refractivity contribution in [1.82, 2.24) is 4.90 Å². The van der Waals surface area contributed by atoms with E-state index < -0.39 is 0 Å². The van der Waals surface area contributed by atoms with E-state index in [0.717, 1.165) is 6.54 Å². The van der Waals surface area contributed by atoms with E-state index in [0.29, 0.717) is 12.0 Å². The smallest absolute Gasteiger partial charge is 0.0690 e. The molecule has 72 valence electrons. The van der Waals surface area contributed by atoms with Gasteiger partial charge in [0.15, 0.2) is 0 Å². The lowest BCUT2D eigenvalue weighted by Gasteiger charge is -2.25. The standard InChI is InChI=1S/C10H21NO/c1-8(2)10(12)7-11-6-4-5-9(11)3/h8-10,12H,4-7H2,1-3H3. The Morgan fingerprint density at radius 1 is 1.50 bits per heavy atom. The monoisotopic (exact) mass is 171 g/mol. The topological polar surface area (TPSA) is 23.5 Å². The molecular formula is C10H21NO. The van der Waals surface area contributed by atoms with Crippen molar-refractivity contribution in [2.24, 2.45) is 5.92 Å². The minimum Gasteiger partial charge on any atom is -0.392 e. The molecule has 0 aromatic heterocycles. The van der Waals surface area contributed by atoms with Crippen molar-refractivity contribution in [2.75, 3.05) is 13.1 Å². The van der Waals surface area contributed by atoms with Gasteiger partial charge >= 0.3 is 0 Å². The third-order valence-corrected chi connectivity index (χ3v) is 2.88. The van der Waals surface area contributed by atoms with Crippen LogP contribution in [0.3, 0.4) is 0 Å². The molecule has 1 aliphatic heterocycles. The first-order valence-corrected chi connectivity index (χ1v) is 5.03. The zero-order chi connectivity index (χ0) is 9.14. The molecule has 2 heteroatoms. The van der Waals surface area contributed by atoms with Gasteiger partial charge in [0.1, 0.15) is 0 Å². The molecule has 0 spiro atoms. The Kier molecular flexibility index (Phi) is 3.53. The average molecular weight is 171 g/mol. The van der Waals surface area contributed by atoms with E-state index >= 15 is 0 Å². The highest BCUT2D eigenvalue weighted by Gasteiger charge is 2.23. The summed E-state index contributed by atoms with van der Waals surface area (Å²) in [6.07, 6.45) is 2.45. The second-order valence-corrected chi connectivity index (χ2v) is 4.30. The summed E-state index contributed by atoms with van der Waals surface area (Å²) in [6, 6.07) is 0.679. The Morgan fingerprint density at radius 3 is 2.58 bits per heavy atom. The third kappa shape index (κ3) is 2.46. The molecule has 0 amide bonds. The first-order chi connectivity index (χ1) is 5.61. The van der Waals surface area contributed by atoms with Crippen LogP contribution in [0.25, 0.3) is 0 Å². The van der Waals surface area contributed by atoms with Gasteiger partial charge in [-0.3, -0.25) is 4.90 Å². The second kappa shape index (κ2) is 4.24. The number of rotatable bonds is 3. The molecule has 0 aliphatic carbocycles. The lowest BCUT2D eigenvalue weighted by atomic mass is 10.1. The number of hydrogen-bond donors (Lipinski definition) is 1. The largest absolute Gasteiger partial charge is 0.392 e. The van der Waals surface area contributed by atoms with Crippen LogP contribution in [0.5, 0.6) is 0 Å². The Balaban J connectivity index is 2.30. The summed E-state index contributed by atoms with van der Waals surface area (Å²) in [7, 11) is 0. The molecule has 1 rings (SSSR count). The second-order valence-electron chi connectivity index (χ2n) is 4.30. The van der Waals surface area contributed by atoms with Crippen LogP contribution in [0.4, 0.5) is 0 Å². The summed E-state index contributed by atoms with van der Waals surface area (Å²) in [6.45, 7) is 8.43. The van der Waals surface area contributed by atoms with Crippen LogP contribution in [0, 0.1) is 5.92 Å². The van der Waals surface area contributed by atoms with Crippen molar-refractivity contribution in [3.8, 4) is 0 Å². The molecule has 1 saturated heterocycles. The zero-order valence-corrected chi connectivity index (χ0v) is 8.45. The Hall–Kier alpha value is -0.0800. The Labute approximate surface area is 75.6 Å². The van der Waals surface area contributed by atoms with Crippen LogP contribution in [0.1, 0.15) is 33.6 Å². The van der Waals surface area contributed by atoms with Gasteiger partial charge in [-0.1, -0.05) is 13.8 Å². The molecule has 2 nitrogen and oxygen atoms in total. The van der Waals surface area contributed by atoms with Crippen molar-refractivity contribution in [3.63, 3.8) is 0 Å². The number of likely N-dealkylation sites (tertiary alicyclic amines) is 1. The van der Waals surface area contributed by atoms with Crippen LogP contribution in [-0.2, 0) is 0 Å². The molecule has 2 unspecified atom stereocenters. The first kappa shape index (κ1) is 10.0. The quantitative estimate of drug-likeness (QED) is 0.695. The predicted molar refractivity (Wildman–Crippen MR) is 51.1 cm³/mol. The van der Waals surface area contributed by atoms with E-state index in [1.807, 2.05) is 0 Å². The summed E-state index contributed by atoms with van der Waals surface area (Å²) < 4.78 is 0. The van der Waals surface area contributed by atoms with Gasteiger partial charge in [0, 0.05) is 12.6 Å². The van der Waals surface area contributed by atoms with Crippen molar-refractivity contribution in [1.29, 1.82) is 0 Å². The van der Waals surface area contributed by atoms with Gasteiger partial charge in [0.2, 0.25) is 0 Å². The van der Waals surface area contributed by atoms with E-state index in [-0.39, 0.29) is 6.10 Å². The van der Waals surface area contributed by atoms with E-state index in [4.69, 9.17) is 0 Å². The number of aliphatic hydroxyl groups excluding tert-OH is 1. The average Bonchev–Trinajstić information content (AvgIpc) is 2.36. The van der Waals surface area contributed by atoms with Gasteiger partial charge in [0.05, 0.1) is 6.10 Å². The highest BCUT2D eigenvalue weighted by atomic mass is 16.3. The van der Waals surface area contributed by atoms with Crippen LogP contribution < -0.4 is 0 Å². The summed E-state index contributed by atoms with van der Waals surface area (Å²) in [5.41, 5.74) is 0. The number of nitrogens with zero attached hydrogens (tertiary/aromatic N) is 1. The molecule has 1 N–H and O–H groups in total. The fourth-order valence-corrected chi connectivity index (χ4v) is 1.72. The van der Waals surface area contributed by atoms with E-state index in [2.05, 4.69) is 25.7 Å². The van der Waals surface area contributed by atoms with Crippen LogP contribution in [0.15, 0.2) is 0 Å². The molecule has 0 bridgehead atoms. The SMILES string of the molecule is CC(C)C(O)CN1CCCC1C. The van der Waals surface area contributed by atoms with Crippen LogP contribution in [-0.4, -0.2) is 35.2 Å². The van der Waals surface area contributed by atoms with Gasteiger partial charge in [-0.05, 0) is 32.2 Å². The summed E-state index contributed by atoms with van der Waals surface area (Å²) in [5, 5.41) is 9.66. The molecule has 0 aromatic carbocycles. The fraction of sp³-hybridized carbons (Fsp3) is 1.00. The summed E-state index contributed by atoms with van der Waals surface area (Å²) in [4.78, 5) is 2.39. The van der Waals surface area contributed by atoms with Crippen LogP contribution in [0.2, 0.25) is 0 Å². The molecular weight excluding hydrogens is 150 g/mol. The van der Waals surface area contributed by atoms with Crippen molar-refractivity contribution < 1.29 is 5.11 Å². The van der Waals surface area contributed by atoms with Crippen molar-refractivity contribution >= 4 is 0 Å². The first-order valence-electron chi connectivity index (χ1n) is 5.03. The highest BCUT2D eigenvalue weighted by molar-refractivity contribution is 4.78. The van der Waals surface area contributed by atoms with Gasteiger partial charge < -0.3 is 5.11 Å². The van der Waals surface area contributed by atoms with Gasteiger partial charge in [-0.15, -0.1) is 0 Å². The minimum absolute atomic E-state index is 0.148. The maximum Gasteiger partial charge on any atom is 0.0690 e. The van der Waals surface area contributed by atoms with E-state index in [1.165, 1.54) is 19.4 Å². The maximum absolute atomic E-state index is 9.66. The van der Waals surface area contributed by atoms with E-state index in [1.54, 1.807) is 0 Å². The van der Waals surface area contributed by atoms with E-state index in [9.17, 15) is 5.11 Å². The lowest BCUT2D eigenvalue weighted by molar-refractivity contribution is 0.0739.